The van der Waals surface area contributed by atoms with E-state index in [1.807, 2.05) is 12.1 Å². The van der Waals surface area contributed by atoms with Gasteiger partial charge in [-0.1, -0.05) is 18.2 Å². The summed E-state index contributed by atoms with van der Waals surface area (Å²) in [5, 5.41) is 8.81. The minimum Gasteiger partial charge on any atom is -0.492 e. The van der Waals surface area contributed by atoms with Crippen molar-refractivity contribution >= 4 is 0 Å². The van der Waals surface area contributed by atoms with E-state index in [9.17, 15) is 0 Å². The predicted octanol–water partition coefficient (Wildman–Crippen LogP) is 1.32. The molecule has 5 nitrogen and oxygen atoms in total. The highest BCUT2D eigenvalue weighted by atomic mass is 16.5. The highest BCUT2D eigenvalue weighted by Gasteiger charge is 2.32. The van der Waals surface area contributed by atoms with Crippen molar-refractivity contribution in [3.63, 3.8) is 0 Å². The van der Waals surface area contributed by atoms with Crippen molar-refractivity contribution in [1.29, 1.82) is 0 Å². The molecule has 0 radical (unpaired) electrons. The molecule has 20 heavy (non-hydrogen) atoms. The lowest BCUT2D eigenvalue weighted by atomic mass is 9.96. The predicted molar refractivity (Wildman–Crippen MR) is 74.7 cm³/mol. The van der Waals surface area contributed by atoms with Crippen LogP contribution in [0.3, 0.4) is 0 Å². The first-order chi connectivity index (χ1) is 9.86. The van der Waals surface area contributed by atoms with Crippen LogP contribution in [-0.4, -0.2) is 27.9 Å². The van der Waals surface area contributed by atoms with Crippen molar-refractivity contribution < 1.29 is 4.74 Å². The second-order valence-corrected chi connectivity index (χ2v) is 5.62. The standard InChI is InChI=1S/C15H18N4O/c16-8-10-5-6-19-14(7-10)17-18-15(19)12-9-20-13-4-2-1-3-11(12)13/h1-4,10,12H,5-9,16H2. The number of benzene rings is 1. The summed E-state index contributed by atoms with van der Waals surface area (Å²) in [4.78, 5) is 0. The number of fused-ring (bicyclic) bond motifs is 2. The van der Waals surface area contributed by atoms with E-state index < -0.39 is 0 Å². The van der Waals surface area contributed by atoms with Crippen LogP contribution < -0.4 is 10.5 Å². The summed E-state index contributed by atoms with van der Waals surface area (Å²) in [5.74, 6) is 3.85. The monoisotopic (exact) mass is 270 g/mol. The van der Waals surface area contributed by atoms with Crippen LogP contribution in [0.5, 0.6) is 5.75 Å². The first-order valence-electron chi connectivity index (χ1n) is 7.20. The van der Waals surface area contributed by atoms with E-state index in [0.29, 0.717) is 12.5 Å². The molecule has 0 saturated heterocycles. The summed E-state index contributed by atoms with van der Waals surface area (Å²) < 4.78 is 8.03. The molecule has 104 valence electrons. The number of aromatic nitrogens is 3. The molecule has 5 heteroatoms. The number of para-hydroxylation sites is 1. The van der Waals surface area contributed by atoms with E-state index in [-0.39, 0.29) is 5.92 Å². The zero-order valence-corrected chi connectivity index (χ0v) is 11.3. The van der Waals surface area contributed by atoms with Crippen molar-refractivity contribution in [3.05, 3.63) is 41.5 Å². The maximum atomic E-state index is 5.78. The fraction of sp³-hybridized carbons (Fsp3) is 0.467. The molecule has 0 amide bonds. The summed E-state index contributed by atoms with van der Waals surface area (Å²) in [7, 11) is 0. The van der Waals surface area contributed by atoms with Crippen LogP contribution in [0.4, 0.5) is 0 Å². The summed E-state index contributed by atoms with van der Waals surface area (Å²) >= 11 is 0. The molecular weight excluding hydrogens is 252 g/mol. The number of hydrogen-bond acceptors (Lipinski definition) is 4. The van der Waals surface area contributed by atoms with Gasteiger partial charge in [0.2, 0.25) is 0 Å². The van der Waals surface area contributed by atoms with E-state index in [4.69, 9.17) is 10.5 Å². The lowest BCUT2D eigenvalue weighted by molar-refractivity contribution is 0.331. The second kappa shape index (κ2) is 4.59. The molecule has 2 N–H and O–H groups in total. The van der Waals surface area contributed by atoms with Gasteiger partial charge in [-0.05, 0) is 24.9 Å². The second-order valence-electron chi connectivity index (χ2n) is 5.62. The zero-order valence-electron chi connectivity index (χ0n) is 11.3. The smallest absolute Gasteiger partial charge is 0.144 e. The summed E-state index contributed by atoms with van der Waals surface area (Å²) in [6.07, 6.45) is 2.06. The summed E-state index contributed by atoms with van der Waals surface area (Å²) in [6, 6.07) is 8.21. The summed E-state index contributed by atoms with van der Waals surface area (Å²) in [6.45, 7) is 2.37. The Morgan fingerprint density at radius 2 is 2.20 bits per heavy atom. The Kier molecular flexibility index (Phi) is 2.73. The van der Waals surface area contributed by atoms with Crippen molar-refractivity contribution in [2.75, 3.05) is 13.2 Å². The van der Waals surface area contributed by atoms with Gasteiger partial charge in [-0.2, -0.15) is 0 Å². The van der Waals surface area contributed by atoms with Crippen molar-refractivity contribution in [2.45, 2.75) is 25.3 Å². The molecule has 2 aliphatic heterocycles. The third-order valence-electron chi connectivity index (χ3n) is 4.43. The van der Waals surface area contributed by atoms with Crippen LogP contribution in [0, 0.1) is 5.92 Å². The van der Waals surface area contributed by atoms with Gasteiger partial charge >= 0.3 is 0 Å². The van der Waals surface area contributed by atoms with Crippen LogP contribution >= 0.6 is 0 Å². The van der Waals surface area contributed by atoms with Crippen molar-refractivity contribution in [1.82, 2.24) is 14.8 Å². The van der Waals surface area contributed by atoms with Gasteiger partial charge in [0.1, 0.15) is 24.0 Å². The Labute approximate surface area is 117 Å². The molecule has 3 heterocycles. The van der Waals surface area contributed by atoms with Crippen LogP contribution in [0.15, 0.2) is 24.3 Å². The lowest BCUT2D eigenvalue weighted by Crippen LogP contribution is -2.27. The Morgan fingerprint density at radius 1 is 1.30 bits per heavy atom. The highest BCUT2D eigenvalue weighted by molar-refractivity contribution is 5.42. The summed E-state index contributed by atoms with van der Waals surface area (Å²) in [5.41, 5.74) is 7.00. The van der Waals surface area contributed by atoms with Gasteiger partial charge in [0, 0.05) is 18.5 Å². The third-order valence-corrected chi connectivity index (χ3v) is 4.43. The third kappa shape index (κ3) is 1.73. The topological polar surface area (TPSA) is 66.0 Å². The van der Waals surface area contributed by atoms with E-state index in [1.165, 1.54) is 5.56 Å². The fourth-order valence-electron chi connectivity index (χ4n) is 3.25. The molecule has 0 spiro atoms. The number of ether oxygens (including phenoxy) is 1. The normalized spacial score (nSPS) is 24.1. The van der Waals surface area contributed by atoms with Crippen LogP contribution in [0.2, 0.25) is 0 Å². The van der Waals surface area contributed by atoms with E-state index in [2.05, 4.69) is 26.9 Å². The average molecular weight is 270 g/mol. The number of hydrogen-bond donors (Lipinski definition) is 1. The fourth-order valence-corrected chi connectivity index (χ4v) is 3.25. The van der Waals surface area contributed by atoms with E-state index in [0.717, 1.165) is 43.3 Å². The Hall–Kier alpha value is -1.88. The van der Waals surface area contributed by atoms with Gasteiger partial charge in [-0.25, -0.2) is 0 Å². The maximum absolute atomic E-state index is 5.78. The SMILES string of the molecule is NCC1CCn2c(nnc2C2COc3ccccc32)C1. The molecule has 2 aromatic rings. The van der Waals surface area contributed by atoms with Crippen LogP contribution in [0.1, 0.15) is 29.6 Å². The van der Waals surface area contributed by atoms with Gasteiger partial charge in [0.05, 0.1) is 5.92 Å². The molecule has 0 aliphatic carbocycles. The molecular formula is C15H18N4O. The molecule has 2 aliphatic rings. The molecule has 2 atom stereocenters. The molecule has 2 unspecified atom stereocenters. The van der Waals surface area contributed by atoms with Crippen LogP contribution in [-0.2, 0) is 13.0 Å². The number of nitrogens with zero attached hydrogens (tertiary/aromatic N) is 3. The molecule has 1 aromatic carbocycles. The van der Waals surface area contributed by atoms with Gasteiger partial charge in [0.25, 0.3) is 0 Å². The van der Waals surface area contributed by atoms with Crippen LogP contribution in [0.25, 0.3) is 0 Å². The first-order valence-corrected chi connectivity index (χ1v) is 7.20. The zero-order chi connectivity index (χ0) is 13.5. The quantitative estimate of drug-likeness (QED) is 0.894. The first kappa shape index (κ1) is 11.9. The van der Waals surface area contributed by atoms with Crippen molar-refractivity contribution in [3.8, 4) is 5.75 Å². The Bertz CT molecular complexity index is 637. The van der Waals surface area contributed by atoms with Gasteiger partial charge in [0.15, 0.2) is 0 Å². The minimum absolute atomic E-state index is 0.210. The molecule has 4 rings (SSSR count). The maximum Gasteiger partial charge on any atom is 0.144 e. The Morgan fingerprint density at radius 3 is 3.10 bits per heavy atom. The molecule has 0 bridgehead atoms. The highest BCUT2D eigenvalue weighted by Crippen LogP contribution is 2.38. The van der Waals surface area contributed by atoms with E-state index >= 15 is 0 Å². The van der Waals surface area contributed by atoms with Crippen molar-refractivity contribution in [2.24, 2.45) is 11.7 Å². The minimum atomic E-state index is 0.210. The largest absolute Gasteiger partial charge is 0.492 e. The molecule has 0 saturated carbocycles. The number of nitrogens with two attached hydrogens (primary N) is 1. The molecule has 0 fully saturated rings. The van der Waals surface area contributed by atoms with Gasteiger partial charge < -0.3 is 15.0 Å². The number of rotatable bonds is 2. The Balaban J connectivity index is 1.70. The van der Waals surface area contributed by atoms with Gasteiger partial charge in [-0.15, -0.1) is 10.2 Å². The van der Waals surface area contributed by atoms with E-state index in [1.54, 1.807) is 0 Å². The average Bonchev–Trinajstić information content (AvgIpc) is 3.09. The van der Waals surface area contributed by atoms with Gasteiger partial charge in [-0.3, -0.25) is 0 Å². The molecule has 1 aromatic heterocycles. The lowest BCUT2D eigenvalue weighted by Gasteiger charge is -2.23.